The normalized spacial score (nSPS) is 14.5. The van der Waals surface area contributed by atoms with E-state index in [1.54, 1.807) is 0 Å². The van der Waals surface area contributed by atoms with Crippen LogP contribution in [-0.4, -0.2) is 69.4 Å². The number of hydrogen-bond acceptors (Lipinski definition) is 7. The van der Waals surface area contributed by atoms with Crippen molar-refractivity contribution in [1.29, 1.82) is 0 Å². The van der Waals surface area contributed by atoms with E-state index in [9.17, 15) is 19.0 Å². The van der Waals surface area contributed by atoms with Crippen LogP contribution in [0.2, 0.25) is 0 Å². The average molecular weight is 1090 g/mol. The summed E-state index contributed by atoms with van der Waals surface area (Å²) in [5.74, 6) is -0.628. The Balaban J connectivity index is 5.31. The van der Waals surface area contributed by atoms with E-state index >= 15 is 0 Å². The van der Waals surface area contributed by atoms with Crippen LogP contribution < -0.4 is 10.2 Å². The molecule has 0 aromatic rings. The van der Waals surface area contributed by atoms with E-state index in [4.69, 9.17) is 13.8 Å². The van der Waals surface area contributed by atoms with Gasteiger partial charge in [-0.05, 0) is 115 Å². The summed E-state index contributed by atoms with van der Waals surface area (Å²) in [6, 6.07) is -0.929. The molecule has 0 rings (SSSR count). The van der Waals surface area contributed by atoms with Crippen LogP contribution in [0.15, 0.2) is 122 Å². The molecule has 0 aliphatic rings. The van der Waals surface area contributed by atoms with E-state index in [-0.39, 0.29) is 31.3 Å². The lowest BCUT2D eigenvalue weighted by atomic mass is 10.1. The van der Waals surface area contributed by atoms with Gasteiger partial charge in [0, 0.05) is 12.8 Å². The van der Waals surface area contributed by atoms with Crippen LogP contribution in [0, 0.1) is 0 Å². The molecule has 0 radical (unpaired) electrons. The second-order valence-electron chi connectivity index (χ2n) is 21.5. The molecule has 1 amide bonds. The van der Waals surface area contributed by atoms with Crippen molar-refractivity contribution in [2.75, 3.05) is 40.9 Å². The molecule has 440 valence electrons. The summed E-state index contributed by atoms with van der Waals surface area (Å²) in [7, 11) is 1.13. The first-order valence-electron chi connectivity index (χ1n) is 30.8. The van der Waals surface area contributed by atoms with Crippen molar-refractivity contribution in [2.24, 2.45) is 0 Å². The van der Waals surface area contributed by atoms with Gasteiger partial charge in [-0.15, -0.1) is 0 Å². The number of rotatable bonds is 54. The zero-order chi connectivity index (χ0) is 56.4. The number of amides is 1. The minimum Gasteiger partial charge on any atom is -0.756 e. The first-order chi connectivity index (χ1) is 37.4. The van der Waals surface area contributed by atoms with Crippen molar-refractivity contribution >= 4 is 19.7 Å². The molecule has 0 aromatic heterocycles. The van der Waals surface area contributed by atoms with Gasteiger partial charge in [0.15, 0.2) is 0 Å². The number of allylic oxidation sites excluding steroid dienone is 19. The van der Waals surface area contributed by atoms with E-state index < -0.39 is 26.6 Å². The number of nitrogens with zero attached hydrogens (tertiary/aromatic N) is 1. The van der Waals surface area contributed by atoms with E-state index in [2.05, 4.69) is 135 Å². The average Bonchev–Trinajstić information content (AvgIpc) is 3.39. The van der Waals surface area contributed by atoms with Gasteiger partial charge in [-0.2, -0.15) is 0 Å². The van der Waals surface area contributed by atoms with Crippen molar-refractivity contribution < 1.29 is 37.3 Å². The van der Waals surface area contributed by atoms with Gasteiger partial charge in [0.05, 0.1) is 33.8 Å². The Hall–Kier alpha value is -3.59. The summed E-state index contributed by atoms with van der Waals surface area (Å²) in [5.41, 5.74) is 0. The predicted molar refractivity (Wildman–Crippen MR) is 330 cm³/mol. The molecule has 1 N–H and O–H groups in total. The van der Waals surface area contributed by atoms with E-state index in [1.807, 2.05) is 33.3 Å². The van der Waals surface area contributed by atoms with Gasteiger partial charge >= 0.3 is 5.97 Å². The van der Waals surface area contributed by atoms with Gasteiger partial charge in [0.25, 0.3) is 7.82 Å². The largest absolute Gasteiger partial charge is 0.756 e. The Morgan fingerprint density at radius 1 is 0.468 bits per heavy atom. The summed E-state index contributed by atoms with van der Waals surface area (Å²) in [5, 5.41) is 2.98. The first-order valence-corrected chi connectivity index (χ1v) is 32.3. The number of likely N-dealkylation sites (N-methyl/N-ethyl adjacent to an activating group) is 1. The number of hydrogen-bond donors (Lipinski definition) is 1. The molecular formula is C67H115N2O7P. The second kappa shape index (κ2) is 55.7. The minimum absolute atomic E-state index is 0.0407. The number of nitrogens with one attached hydrogen (secondary N) is 1. The van der Waals surface area contributed by atoms with Crippen LogP contribution >= 0.6 is 7.82 Å². The molecule has 0 heterocycles. The van der Waals surface area contributed by atoms with Crippen LogP contribution in [-0.2, 0) is 27.9 Å². The summed E-state index contributed by atoms with van der Waals surface area (Å²) < 4.78 is 30.2. The van der Waals surface area contributed by atoms with E-state index in [0.29, 0.717) is 23.9 Å². The van der Waals surface area contributed by atoms with Gasteiger partial charge < -0.3 is 28.5 Å². The smallest absolute Gasteiger partial charge is 0.306 e. The van der Waals surface area contributed by atoms with Gasteiger partial charge in [-0.25, -0.2) is 0 Å². The standard InChI is InChI=1S/C67H115N2O7P/c1-7-10-13-16-19-22-25-27-29-31-32-33-34-35-36-38-40-42-45-48-51-54-57-60-67(71)76-65(58-55-52-49-46-43-24-21-18-15-12-9-3)64(63-75-77(72,73)74-62-61-69(4,5)6)68-66(70)59-56-53-50-47-44-41-39-37-30-28-26-23-20-17-14-11-8-2/h10,13,19-20,22-23,27-30,32-33,35-36,39,41,47,50,55,58,64-65H,7-9,11-12,14-18,21,24-26,31,34,37-38,40,42-46,48-49,51-54,56-57,59-63H2,1-6H3,(H-,68,70,72,73)/b13-10-,22-19-,23-20-,29-27-,30-28-,33-32-,36-35-,41-39-,50-47-,58-55-. The lowest BCUT2D eigenvalue weighted by Crippen LogP contribution is -2.47. The van der Waals surface area contributed by atoms with Crippen LogP contribution in [0.1, 0.15) is 239 Å². The molecule has 0 bridgehead atoms. The Kier molecular flexibility index (Phi) is 53.1. The highest BCUT2D eigenvalue weighted by molar-refractivity contribution is 7.45. The Morgan fingerprint density at radius 3 is 1.30 bits per heavy atom. The Labute approximate surface area is 473 Å². The molecule has 3 unspecified atom stereocenters. The number of phosphoric ester groups is 1. The van der Waals surface area contributed by atoms with Crippen molar-refractivity contribution in [3.63, 3.8) is 0 Å². The van der Waals surface area contributed by atoms with E-state index in [0.717, 1.165) is 103 Å². The molecule has 10 heteroatoms. The predicted octanol–water partition coefficient (Wildman–Crippen LogP) is 18.5. The van der Waals surface area contributed by atoms with Gasteiger partial charge in [-0.1, -0.05) is 233 Å². The highest BCUT2D eigenvalue weighted by Gasteiger charge is 2.27. The van der Waals surface area contributed by atoms with Crippen LogP contribution in [0.5, 0.6) is 0 Å². The molecule has 0 fully saturated rings. The number of carbonyl (C=O) groups excluding carboxylic acids is 2. The number of quaternary nitrogens is 1. The molecule has 0 saturated carbocycles. The van der Waals surface area contributed by atoms with Crippen molar-refractivity contribution in [3.8, 4) is 0 Å². The lowest BCUT2D eigenvalue weighted by Gasteiger charge is -2.30. The van der Waals surface area contributed by atoms with Crippen LogP contribution in [0.3, 0.4) is 0 Å². The fourth-order valence-electron chi connectivity index (χ4n) is 8.13. The molecule has 77 heavy (non-hydrogen) atoms. The number of esters is 1. The van der Waals surface area contributed by atoms with Crippen molar-refractivity contribution in [1.82, 2.24) is 5.32 Å². The maximum absolute atomic E-state index is 13.5. The number of unbranched alkanes of at least 4 members (excludes halogenated alkanes) is 20. The van der Waals surface area contributed by atoms with E-state index in [1.165, 1.54) is 89.9 Å². The van der Waals surface area contributed by atoms with Gasteiger partial charge in [0.1, 0.15) is 19.3 Å². The quantitative estimate of drug-likeness (QED) is 0.0212. The second-order valence-corrected chi connectivity index (χ2v) is 22.9. The third-order valence-corrected chi connectivity index (χ3v) is 13.8. The third-order valence-electron chi connectivity index (χ3n) is 12.9. The third kappa shape index (κ3) is 56.9. The highest BCUT2D eigenvalue weighted by Crippen LogP contribution is 2.38. The molecule has 0 aliphatic carbocycles. The highest BCUT2D eigenvalue weighted by atomic mass is 31.2. The number of phosphoric acid groups is 1. The van der Waals surface area contributed by atoms with Crippen molar-refractivity contribution in [2.45, 2.75) is 251 Å². The van der Waals surface area contributed by atoms with Crippen molar-refractivity contribution in [3.05, 3.63) is 122 Å². The molecule has 9 nitrogen and oxygen atoms in total. The van der Waals surface area contributed by atoms with Gasteiger partial charge in [0.2, 0.25) is 5.91 Å². The van der Waals surface area contributed by atoms with Crippen LogP contribution in [0.4, 0.5) is 0 Å². The summed E-state index contributed by atoms with van der Waals surface area (Å²) >= 11 is 0. The first kappa shape index (κ1) is 73.4. The summed E-state index contributed by atoms with van der Waals surface area (Å²) in [6.45, 7) is 6.63. The maximum Gasteiger partial charge on any atom is 0.306 e. The van der Waals surface area contributed by atoms with Gasteiger partial charge in [-0.3, -0.25) is 14.2 Å². The SMILES string of the molecule is CC/C=C\C/C=C\C/C=C\C/C=C\C/C=C\CCCCCCCCCC(=O)OC(/C=C\CCCCCCCCCCC)C(COP(=O)([O-])OCC[N+](C)(C)C)NC(=O)CCC/C=C\C/C=C\C/C=C\C/C=C\CCCCC. The molecular weight excluding hydrogens is 976 g/mol. The monoisotopic (exact) mass is 1090 g/mol. The fourth-order valence-corrected chi connectivity index (χ4v) is 8.85. The molecule has 0 saturated heterocycles. The minimum atomic E-state index is -4.72. The molecule has 0 aromatic carbocycles. The van der Waals surface area contributed by atoms with Crippen LogP contribution in [0.25, 0.3) is 0 Å². The fraction of sp³-hybridized carbons (Fsp3) is 0.672. The Bertz CT molecular complexity index is 1730. The number of ether oxygens (including phenoxy) is 1. The summed E-state index contributed by atoms with van der Waals surface area (Å²) in [6.07, 6.45) is 77.5. The zero-order valence-corrected chi connectivity index (χ0v) is 51.0. The molecule has 0 spiro atoms. The maximum atomic E-state index is 13.5. The summed E-state index contributed by atoms with van der Waals surface area (Å²) in [4.78, 5) is 39.9. The topological polar surface area (TPSA) is 114 Å². The molecule has 0 aliphatic heterocycles. The zero-order valence-electron chi connectivity index (χ0n) is 50.1. The number of carbonyl (C=O) groups is 2. The Morgan fingerprint density at radius 2 is 0.844 bits per heavy atom. The lowest BCUT2D eigenvalue weighted by molar-refractivity contribution is -0.870. The molecule has 3 atom stereocenters.